The Kier molecular flexibility index (Phi) is 4.88. The molecule has 0 unspecified atom stereocenters. The molecular formula is C23H22N2O2. The summed E-state index contributed by atoms with van der Waals surface area (Å²) in [6.45, 7) is 3.18. The van der Waals surface area contributed by atoms with Crippen molar-refractivity contribution >= 4 is 5.91 Å². The van der Waals surface area contributed by atoms with Gasteiger partial charge in [-0.15, -0.1) is 0 Å². The quantitative estimate of drug-likeness (QED) is 0.695. The van der Waals surface area contributed by atoms with Gasteiger partial charge in [0, 0.05) is 11.8 Å². The summed E-state index contributed by atoms with van der Waals surface area (Å²) in [5.41, 5.74) is 4.31. The van der Waals surface area contributed by atoms with Crippen LogP contribution in [0, 0.1) is 6.92 Å². The number of aryl methyl sites for hydroxylation is 1. The van der Waals surface area contributed by atoms with Crippen LogP contribution < -0.4 is 4.74 Å². The van der Waals surface area contributed by atoms with Crippen LogP contribution in [0.25, 0.3) is 11.1 Å². The van der Waals surface area contributed by atoms with Gasteiger partial charge in [0.05, 0.1) is 19.5 Å². The Labute approximate surface area is 159 Å². The lowest BCUT2D eigenvalue weighted by atomic mass is 10.0. The van der Waals surface area contributed by atoms with E-state index in [0.717, 1.165) is 16.8 Å². The number of ether oxygens (including phenoxy) is 1. The van der Waals surface area contributed by atoms with E-state index in [1.165, 1.54) is 5.56 Å². The molecule has 1 aliphatic heterocycles. The van der Waals surface area contributed by atoms with Crippen molar-refractivity contribution in [2.75, 3.05) is 13.1 Å². The topological polar surface area (TPSA) is 42.4 Å². The van der Waals surface area contributed by atoms with Crippen molar-refractivity contribution < 1.29 is 9.53 Å². The van der Waals surface area contributed by atoms with Gasteiger partial charge in [-0.05, 0) is 29.7 Å². The number of hydrogen-bond acceptors (Lipinski definition) is 3. The van der Waals surface area contributed by atoms with E-state index < -0.39 is 0 Å². The number of amides is 1. The van der Waals surface area contributed by atoms with Crippen LogP contribution >= 0.6 is 0 Å². The Morgan fingerprint density at radius 3 is 2.37 bits per heavy atom. The maximum absolute atomic E-state index is 12.5. The lowest BCUT2D eigenvalue weighted by Crippen LogP contribution is -2.56. The number of nitrogens with zero attached hydrogens (tertiary/aromatic N) is 2. The second-order valence-electron chi connectivity index (χ2n) is 6.90. The zero-order valence-corrected chi connectivity index (χ0v) is 15.3. The molecule has 136 valence electrons. The predicted molar refractivity (Wildman–Crippen MR) is 106 cm³/mol. The Morgan fingerprint density at radius 1 is 0.963 bits per heavy atom. The number of hydrogen-bond donors (Lipinski definition) is 0. The fourth-order valence-corrected chi connectivity index (χ4v) is 3.20. The van der Waals surface area contributed by atoms with Crippen molar-refractivity contribution in [2.45, 2.75) is 19.4 Å². The molecule has 3 aromatic rings. The average molecular weight is 358 g/mol. The third-order valence-corrected chi connectivity index (χ3v) is 4.77. The highest BCUT2D eigenvalue weighted by Gasteiger charge is 2.32. The molecule has 27 heavy (non-hydrogen) atoms. The van der Waals surface area contributed by atoms with Crippen molar-refractivity contribution in [3.05, 3.63) is 84.1 Å². The zero-order valence-electron chi connectivity index (χ0n) is 15.3. The summed E-state index contributed by atoms with van der Waals surface area (Å²) < 4.78 is 5.82. The number of likely N-dealkylation sites (tertiary alicyclic amines) is 1. The molecule has 0 aliphatic carbocycles. The number of carbonyl (C=O) groups is 1. The lowest BCUT2D eigenvalue weighted by molar-refractivity contribution is -0.139. The van der Waals surface area contributed by atoms with Gasteiger partial charge in [0.25, 0.3) is 0 Å². The highest BCUT2D eigenvalue weighted by atomic mass is 16.5. The van der Waals surface area contributed by atoms with Gasteiger partial charge in [0.2, 0.25) is 11.8 Å². The van der Waals surface area contributed by atoms with Crippen molar-refractivity contribution in [1.29, 1.82) is 0 Å². The molecule has 4 heteroatoms. The van der Waals surface area contributed by atoms with Gasteiger partial charge < -0.3 is 9.64 Å². The summed E-state index contributed by atoms with van der Waals surface area (Å²) in [6.07, 6.45) is 0.452. The first-order valence-corrected chi connectivity index (χ1v) is 9.20. The molecule has 1 aliphatic rings. The minimum atomic E-state index is 0.0312. The van der Waals surface area contributed by atoms with Crippen molar-refractivity contribution in [1.82, 2.24) is 9.88 Å². The lowest BCUT2D eigenvalue weighted by Gasteiger charge is -2.38. The third-order valence-electron chi connectivity index (χ3n) is 4.77. The summed E-state index contributed by atoms with van der Waals surface area (Å²) in [5, 5.41) is 0. The maximum atomic E-state index is 12.5. The van der Waals surface area contributed by atoms with E-state index >= 15 is 0 Å². The highest BCUT2D eigenvalue weighted by molar-refractivity contribution is 5.80. The molecule has 2 aromatic carbocycles. The summed E-state index contributed by atoms with van der Waals surface area (Å²) in [7, 11) is 0. The van der Waals surface area contributed by atoms with Crippen LogP contribution in [0.1, 0.15) is 11.3 Å². The molecular weight excluding hydrogens is 336 g/mol. The van der Waals surface area contributed by atoms with Gasteiger partial charge in [-0.1, -0.05) is 60.7 Å². The maximum Gasteiger partial charge on any atom is 0.227 e. The molecule has 1 aromatic heterocycles. The number of pyridine rings is 1. The average Bonchev–Trinajstić information content (AvgIpc) is 2.65. The normalized spacial score (nSPS) is 13.9. The van der Waals surface area contributed by atoms with E-state index in [1.807, 2.05) is 60.4 Å². The zero-order chi connectivity index (χ0) is 18.6. The van der Waals surface area contributed by atoms with Crippen molar-refractivity contribution in [2.24, 2.45) is 0 Å². The third kappa shape index (κ3) is 4.17. The summed E-state index contributed by atoms with van der Waals surface area (Å²) >= 11 is 0. The summed E-state index contributed by atoms with van der Waals surface area (Å²) in [5.74, 6) is 0.767. The van der Waals surface area contributed by atoms with Gasteiger partial charge in [0.1, 0.15) is 6.10 Å². The first-order chi connectivity index (χ1) is 13.2. The van der Waals surface area contributed by atoms with Gasteiger partial charge in [0.15, 0.2) is 0 Å². The smallest absolute Gasteiger partial charge is 0.227 e. The molecule has 0 spiro atoms. The minimum Gasteiger partial charge on any atom is -0.471 e. The minimum absolute atomic E-state index is 0.0312. The van der Waals surface area contributed by atoms with E-state index in [2.05, 4.69) is 29.2 Å². The molecule has 0 saturated carbocycles. The van der Waals surface area contributed by atoms with Crippen LogP contribution in [0.15, 0.2) is 72.8 Å². The molecule has 0 N–H and O–H groups in total. The van der Waals surface area contributed by atoms with Gasteiger partial charge >= 0.3 is 0 Å². The molecule has 2 heterocycles. The van der Waals surface area contributed by atoms with E-state index in [0.29, 0.717) is 25.4 Å². The summed E-state index contributed by atoms with van der Waals surface area (Å²) in [4.78, 5) is 18.6. The number of rotatable bonds is 5. The Hall–Kier alpha value is -3.14. The van der Waals surface area contributed by atoms with Crippen LogP contribution in [0.5, 0.6) is 5.88 Å². The Morgan fingerprint density at radius 2 is 1.67 bits per heavy atom. The Balaban J connectivity index is 1.29. The second kappa shape index (κ2) is 7.62. The van der Waals surface area contributed by atoms with E-state index in [4.69, 9.17) is 4.74 Å². The van der Waals surface area contributed by atoms with Crippen molar-refractivity contribution in [3.8, 4) is 17.0 Å². The fraction of sp³-hybridized carbons (Fsp3) is 0.217. The number of aromatic nitrogens is 1. The van der Waals surface area contributed by atoms with E-state index in [9.17, 15) is 4.79 Å². The molecule has 4 rings (SSSR count). The monoisotopic (exact) mass is 358 g/mol. The molecule has 0 atom stereocenters. The van der Waals surface area contributed by atoms with Crippen LogP contribution in [-0.4, -0.2) is 35.0 Å². The van der Waals surface area contributed by atoms with Gasteiger partial charge in [-0.3, -0.25) is 4.79 Å². The first kappa shape index (κ1) is 17.3. The number of benzene rings is 2. The molecule has 0 radical (unpaired) electrons. The van der Waals surface area contributed by atoms with Crippen LogP contribution in [-0.2, 0) is 11.2 Å². The Bertz CT molecular complexity index is 917. The van der Waals surface area contributed by atoms with Gasteiger partial charge in [-0.2, -0.15) is 0 Å². The van der Waals surface area contributed by atoms with Crippen molar-refractivity contribution in [3.63, 3.8) is 0 Å². The SMILES string of the molecule is Cc1cccc(OC2CN(C(=O)Cc3ccc(-c4ccccc4)cc3)C2)n1. The largest absolute Gasteiger partial charge is 0.471 e. The van der Waals surface area contributed by atoms with E-state index in [-0.39, 0.29) is 12.0 Å². The first-order valence-electron chi connectivity index (χ1n) is 9.20. The predicted octanol–water partition coefficient (Wildman–Crippen LogP) is 3.89. The molecule has 1 saturated heterocycles. The van der Waals surface area contributed by atoms with Gasteiger partial charge in [-0.25, -0.2) is 4.98 Å². The fourth-order valence-electron chi connectivity index (χ4n) is 3.20. The molecule has 1 amide bonds. The van der Waals surface area contributed by atoms with Crippen LogP contribution in [0.3, 0.4) is 0 Å². The standard InChI is InChI=1S/C23H22N2O2/c1-17-6-5-9-22(24-17)27-21-15-25(16-21)23(26)14-18-10-12-20(13-11-18)19-7-3-2-4-8-19/h2-13,21H,14-16H2,1H3. The van der Waals surface area contributed by atoms with E-state index in [1.54, 1.807) is 0 Å². The molecule has 1 fully saturated rings. The van der Waals surface area contributed by atoms with Crippen LogP contribution in [0.4, 0.5) is 0 Å². The summed E-state index contributed by atoms with van der Waals surface area (Å²) in [6, 6.07) is 24.2. The van der Waals surface area contributed by atoms with Crippen LogP contribution in [0.2, 0.25) is 0 Å². The highest BCUT2D eigenvalue weighted by Crippen LogP contribution is 2.21. The molecule has 0 bridgehead atoms. The second-order valence-corrected chi connectivity index (χ2v) is 6.90. The number of carbonyl (C=O) groups excluding carboxylic acids is 1. The molecule has 4 nitrogen and oxygen atoms in total.